The molecule has 78 valence electrons. The molecule has 1 aromatic carbocycles. The average Bonchev–Trinajstić information content (AvgIpc) is 2.65. The van der Waals surface area contributed by atoms with Gasteiger partial charge in [-0.25, -0.2) is 0 Å². The van der Waals surface area contributed by atoms with E-state index in [-0.39, 0.29) is 12.1 Å². The first kappa shape index (κ1) is 10.1. The van der Waals surface area contributed by atoms with Gasteiger partial charge in [-0.1, -0.05) is 12.0 Å². The number of terminal acetylenes is 1. The molecular formula is C13H15NO. The summed E-state index contributed by atoms with van der Waals surface area (Å²) in [7, 11) is 0. The highest BCUT2D eigenvalue weighted by molar-refractivity contribution is 5.50. The molecule has 2 heteroatoms. The van der Waals surface area contributed by atoms with Crippen LogP contribution in [0.4, 0.5) is 5.69 Å². The van der Waals surface area contributed by atoms with Crippen molar-refractivity contribution in [2.45, 2.75) is 31.4 Å². The Morgan fingerprint density at radius 2 is 2.27 bits per heavy atom. The van der Waals surface area contributed by atoms with Crippen molar-refractivity contribution in [2.75, 3.05) is 5.32 Å². The summed E-state index contributed by atoms with van der Waals surface area (Å²) in [5, 5.41) is 13.0. The molecule has 1 fully saturated rings. The first-order valence-corrected chi connectivity index (χ1v) is 5.31. The van der Waals surface area contributed by atoms with Crippen molar-refractivity contribution in [3.8, 4) is 12.3 Å². The number of anilines is 1. The number of aliphatic hydroxyl groups is 1. The van der Waals surface area contributed by atoms with E-state index in [0.29, 0.717) is 0 Å². The van der Waals surface area contributed by atoms with Gasteiger partial charge in [-0.15, -0.1) is 6.42 Å². The fourth-order valence-corrected chi connectivity index (χ4v) is 2.02. The summed E-state index contributed by atoms with van der Waals surface area (Å²) >= 11 is 0. The van der Waals surface area contributed by atoms with Gasteiger partial charge < -0.3 is 10.4 Å². The molecule has 1 aliphatic rings. The maximum atomic E-state index is 9.67. The molecule has 0 aliphatic heterocycles. The van der Waals surface area contributed by atoms with Crippen molar-refractivity contribution in [1.82, 2.24) is 0 Å². The molecule has 0 radical (unpaired) electrons. The van der Waals surface area contributed by atoms with E-state index in [9.17, 15) is 5.11 Å². The lowest BCUT2D eigenvalue weighted by molar-refractivity contribution is 0.172. The lowest BCUT2D eigenvalue weighted by Crippen LogP contribution is -2.27. The Labute approximate surface area is 90.3 Å². The molecule has 0 aromatic heterocycles. The van der Waals surface area contributed by atoms with Gasteiger partial charge in [-0.2, -0.15) is 0 Å². The third-order valence-electron chi connectivity index (χ3n) is 2.86. The Morgan fingerprint density at radius 3 is 2.93 bits per heavy atom. The Balaban J connectivity index is 2.07. The number of nitrogens with one attached hydrogen (secondary N) is 1. The molecule has 0 amide bonds. The van der Waals surface area contributed by atoms with E-state index in [1.807, 2.05) is 24.3 Å². The van der Waals surface area contributed by atoms with E-state index in [1.165, 1.54) is 0 Å². The molecule has 0 saturated heterocycles. The predicted octanol–water partition coefficient (Wildman–Crippen LogP) is 1.99. The van der Waals surface area contributed by atoms with Gasteiger partial charge >= 0.3 is 0 Å². The number of hydrogen-bond donors (Lipinski definition) is 2. The summed E-state index contributed by atoms with van der Waals surface area (Å²) in [5.74, 6) is 2.60. The molecule has 2 rings (SSSR count). The van der Waals surface area contributed by atoms with Gasteiger partial charge in [0, 0.05) is 11.3 Å². The number of aliphatic hydroxyl groups excluding tert-OH is 1. The second kappa shape index (κ2) is 4.37. The lowest BCUT2D eigenvalue weighted by atomic mass is 10.1. The van der Waals surface area contributed by atoms with Crippen LogP contribution >= 0.6 is 0 Å². The van der Waals surface area contributed by atoms with Gasteiger partial charge in [0.05, 0.1) is 12.1 Å². The molecule has 0 heterocycles. The van der Waals surface area contributed by atoms with Crippen molar-refractivity contribution in [3.63, 3.8) is 0 Å². The smallest absolute Gasteiger partial charge is 0.0741 e. The molecule has 1 saturated carbocycles. The van der Waals surface area contributed by atoms with Gasteiger partial charge in [0.25, 0.3) is 0 Å². The summed E-state index contributed by atoms with van der Waals surface area (Å²) in [6, 6.07) is 7.92. The van der Waals surface area contributed by atoms with Crippen molar-refractivity contribution in [1.29, 1.82) is 0 Å². The Hall–Kier alpha value is -1.46. The van der Waals surface area contributed by atoms with Crippen LogP contribution in [0.5, 0.6) is 0 Å². The van der Waals surface area contributed by atoms with Crippen molar-refractivity contribution in [2.24, 2.45) is 0 Å². The normalized spacial score (nSPS) is 24.8. The molecule has 0 bridgehead atoms. The highest BCUT2D eigenvalue weighted by Gasteiger charge is 2.24. The zero-order valence-electron chi connectivity index (χ0n) is 8.61. The lowest BCUT2D eigenvalue weighted by Gasteiger charge is -2.17. The van der Waals surface area contributed by atoms with E-state index in [0.717, 1.165) is 30.5 Å². The standard InChI is InChI=1S/C13H15NO/c1-2-10-5-3-6-11(9-10)14-12-7-4-8-13(12)15/h1,3,5-6,9,12-15H,4,7-8H2/t12-,13-/m0/s1. The second-order valence-electron chi connectivity index (χ2n) is 3.97. The van der Waals surface area contributed by atoms with Gasteiger partial charge in [0.2, 0.25) is 0 Å². The van der Waals surface area contributed by atoms with Gasteiger partial charge in [0.15, 0.2) is 0 Å². The van der Waals surface area contributed by atoms with Crippen molar-refractivity contribution >= 4 is 5.69 Å². The number of rotatable bonds is 2. The van der Waals surface area contributed by atoms with Crippen LogP contribution in [0.25, 0.3) is 0 Å². The third-order valence-corrected chi connectivity index (χ3v) is 2.86. The van der Waals surface area contributed by atoms with Crippen LogP contribution in [-0.2, 0) is 0 Å². The van der Waals surface area contributed by atoms with Crippen LogP contribution < -0.4 is 5.32 Å². The van der Waals surface area contributed by atoms with E-state index < -0.39 is 0 Å². The van der Waals surface area contributed by atoms with E-state index in [2.05, 4.69) is 11.2 Å². The average molecular weight is 201 g/mol. The van der Waals surface area contributed by atoms with E-state index >= 15 is 0 Å². The minimum absolute atomic E-state index is 0.179. The van der Waals surface area contributed by atoms with E-state index in [1.54, 1.807) is 0 Å². The van der Waals surface area contributed by atoms with Crippen molar-refractivity contribution in [3.05, 3.63) is 29.8 Å². The Kier molecular flexibility index (Phi) is 2.94. The zero-order chi connectivity index (χ0) is 10.7. The fraction of sp³-hybridized carbons (Fsp3) is 0.385. The maximum Gasteiger partial charge on any atom is 0.0741 e. The highest BCUT2D eigenvalue weighted by atomic mass is 16.3. The summed E-state index contributed by atoms with van der Waals surface area (Å²) < 4.78 is 0. The fourth-order valence-electron chi connectivity index (χ4n) is 2.02. The van der Waals surface area contributed by atoms with Crippen molar-refractivity contribution < 1.29 is 5.11 Å². The molecule has 2 nitrogen and oxygen atoms in total. The molecule has 1 aromatic rings. The summed E-state index contributed by atoms with van der Waals surface area (Å²) in [4.78, 5) is 0. The second-order valence-corrected chi connectivity index (χ2v) is 3.97. The molecule has 15 heavy (non-hydrogen) atoms. The summed E-state index contributed by atoms with van der Waals surface area (Å²) in [6.07, 6.45) is 8.12. The molecule has 2 N–H and O–H groups in total. The number of benzene rings is 1. The predicted molar refractivity (Wildman–Crippen MR) is 61.6 cm³/mol. The SMILES string of the molecule is C#Cc1cccc(N[C@H]2CCC[C@@H]2O)c1. The molecule has 0 spiro atoms. The molecule has 0 unspecified atom stereocenters. The minimum Gasteiger partial charge on any atom is -0.391 e. The van der Waals surface area contributed by atoms with Gasteiger partial charge in [-0.05, 0) is 37.5 Å². The van der Waals surface area contributed by atoms with Crippen LogP contribution in [0.2, 0.25) is 0 Å². The van der Waals surface area contributed by atoms with Crippen LogP contribution in [0.3, 0.4) is 0 Å². The zero-order valence-corrected chi connectivity index (χ0v) is 8.61. The minimum atomic E-state index is -0.223. The van der Waals surface area contributed by atoms with Crippen LogP contribution in [0.15, 0.2) is 24.3 Å². The van der Waals surface area contributed by atoms with Gasteiger partial charge in [-0.3, -0.25) is 0 Å². The highest BCUT2D eigenvalue weighted by Crippen LogP contribution is 2.23. The summed E-state index contributed by atoms with van der Waals surface area (Å²) in [6.45, 7) is 0. The van der Waals surface area contributed by atoms with Crippen LogP contribution in [-0.4, -0.2) is 17.3 Å². The van der Waals surface area contributed by atoms with Crippen LogP contribution in [0, 0.1) is 12.3 Å². The van der Waals surface area contributed by atoms with Gasteiger partial charge in [0.1, 0.15) is 0 Å². The quantitative estimate of drug-likeness (QED) is 0.717. The van der Waals surface area contributed by atoms with Crippen LogP contribution in [0.1, 0.15) is 24.8 Å². The molecule has 2 atom stereocenters. The maximum absolute atomic E-state index is 9.67. The number of hydrogen-bond acceptors (Lipinski definition) is 2. The third kappa shape index (κ3) is 2.31. The largest absolute Gasteiger partial charge is 0.391 e. The summed E-state index contributed by atoms with van der Waals surface area (Å²) in [5.41, 5.74) is 1.86. The first-order valence-electron chi connectivity index (χ1n) is 5.31. The Bertz CT molecular complexity index is 380. The topological polar surface area (TPSA) is 32.3 Å². The molecule has 1 aliphatic carbocycles. The Morgan fingerprint density at radius 1 is 1.40 bits per heavy atom. The first-order chi connectivity index (χ1) is 7.29. The van der Waals surface area contributed by atoms with E-state index in [4.69, 9.17) is 6.42 Å². The molecular weight excluding hydrogens is 186 g/mol. The monoisotopic (exact) mass is 201 g/mol.